The van der Waals surface area contributed by atoms with E-state index in [9.17, 15) is 14.5 Å². The number of allylic oxidation sites excluding steroid dienone is 1. The first-order valence-electron chi connectivity index (χ1n) is 8.59. The van der Waals surface area contributed by atoms with E-state index in [4.69, 9.17) is 14.5 Å². The molecule has 2 rings (SSSR count). The third kappa shape index (κ3) is 4.74. The molecule has 0 atom stereocenters. The lowest BCUT2D eigenvalue weighted by Crippen LogP contribution is -2.20. The molecule has 0 amide bonds. The van der Waals surface area contributed by atoms with E-state index >= 15 is 0 Å². The van der Waals surface area contributed by atoms with Crippen LogP contribution in [-0.4, -0.2) is 40.1 Å². The van der Waals surface area contributed by atoms with Crippen LogP contribution in [0, 0.1) is 6.92 Å². The molecule has 7 nitrogen and oxygen atoms in total. The Morgan fingerprint density at radius 2 is 2.04 bits per heavy atom. The van der Waals surface area contributed by atoms with Gasteiger partial charge in [-0.15, -0.1) is 0 Å². The first kappa shape index (κ1) is 20.6. The zero-order chi connectivity index (χ0) is 19.5. The number of hydrogen-bond donors (Lipinski definition) is 4. The van der Waals surface area contributed by atoms with Crippen molar-refractivity contribution in [1.82, 2.24) is 5.32 Å². The van der Waals surface area contributed by atoms with Crippen molar-refractivity contribution >= 4 is 13.6 Å². The van der Waals surface area contributed by atoms with Gasteiger partial charge in [-0.05, 0) is 37.8 Å². The van der Waals surface area contributed by atoms with Crippen LogP contribution >= 0.6 is 7.60 Å². The van der Waals surface area contributed by atoms with Gasteiger partial charge in [-0.3, -0.25) is 4.57 Å². The quantitative estimate of drug-likeness (QED) is 0.235. The second-order valence-corrected chi connectivity index (χ2v) is 8.31. The standard InChI is InChI=1S/C18H26NO6P/c1-4-13-12(3)15-10-25-18(21)16(15)17(20)14(13)6-5-11(2)9-19-7-8-26(22,23)24/h5,19-20H,4,6-10H2,1-3H3,(H2,22,23,24)/b11-5+. The number of phenols is 1. The van der Waals surface area contributed by atoms with Gasteiger partial charge in [0.25, 0.3) is 0 Å². The van der Waals surface area contributed by atoms with Crippen molar-refractivity contribution in [1.29, 1.82) is 0 Å². The molecule has 8 heteroatoms. The molecule has 1 aliphatic rings. The molecule has 1 aromatic rings. The molecule has 0 spiro atoms. The normalized spacial score (nSPS) is 14.5. The Hall–Kier alpha value is -1.66. The number of carbonyl (C=O) groups excluding carboxylic acids is 1. The third-order valence-electron chi connectivity index (χ3n) is 4.64. The Morgan fingerprint density at radius 3 is 2.65 bits per heavy atom. The van der Waals surface area contributed by atoms with Crippen LogP contribution < -0.4 is 5.32 Å². The molecule has 0 fully saturated rings. The summed E-state index contributed by atoms with van der Waals surface area (Å²) in [5.74, 6) is -0.479. The number of esters is 1. The van der Waals surface area contributed by atoms with Crippen molar-refractivity contribution in [2.24, 2.45) is 0 Å². The lowest BCUT2D eigenvalue weighted by Gasteiger charge is -2.16. The minimum Gasteiger partial charge on any atom is -0.507 e. The molecule has 26 heavy (non-hydrogen) atoms. The summed E-state index contributed by atoms with van der Waals surface area (Å²) < 4.78 is 15.9. The predicted octanol–water partition coefficient (Wildman–Crippen LogP) is 2.19. The van der Waals surface area contributed by atoms with E-state index < -0.39 is 13.6 Å². The van der Waals surface area contributed by atoms with Crippen LogP contribution in [-0.2, 0) is 28.8 Å². The monoisotopic (exact) mass is 383 g/mol. The molecule has 144 valence electrons. The van der Waals surface area contributed by atoms with E-state index in [1.807, 2.05) is 26.8 Å². The molecule has 0 aromatic heterocycles. The largest absolute Gasteiger partial charge is 0.507 e. The van der Waals surface area contributed by atoms with Crippen LogP contribution in [0.25, 0.3) is 0 Å². The van der Waals surface area contributed by atoms with E-state index in [0.717, 1.165) is 34.2 Å². The zero-order valence-electron chi connectivity index (χ0n) is 15.3. The number of ether oxygens (including phenoxy) is 1. The maximum Gasteiger partial charge on any atom is 0.342 e. The van der Waals surface area contributed by atoms with E-state index in [0.29, 0.717) is 13.0 Å². The number of nitrogens with one attached hydrogen (secondary N) is 1. The Morgan fingerprint density at radius 1 is 1.35 bits per heavy atom. The van der Waals surface area contributed by atoms with Crippen LogP contribution in [0.2, 0.25) is 0 Å². The average Bonchev–Trinajstić information content (AvgIpc) is 2.95. The maximum absolute atomic E-state index is 11.9. The number of cyclic esters (lactones) is 1. The molecule has 0 unspecified atom stereocenters. The van der Waals surface area contributed by atoms with Gasteiger partial charge in [0.2, 0.25) is 0 Å². The van der Waals surface area contributed by atoms with Crippen molar-refractivity contribution in [3.8, 4) is 5.75 Å². The van der Waals surface area contributed by atoms with Crippen molar-refractivity contribution < 1.29 is 29.0 Å². The zero-order valence-corrected chi connectivity index (χ0v) is 16.2. The molecule has 1 aromatic carbocycles. The Kier molecular flexibility index (Phi) is 6.64. The molecule has 0 aliphatic carbocycles. The highest BCUT2D eigenvalue weighted by molar-refractivity contribution is 7.51. The molecule has 0 saturated carbocycles. The van der Waals surface area contributed by atoms with Gasteiger partial charge < -0.3 is 24.9 Å². The van der Waals surface area contributed by atoms with Gasteiger partial charge in [0.15, 0.2) is 0 Å². The maximum atomic E-state index is 11.9. The fraction of sp³-hybridized carbons (Fsp3) is 0.500. The highest BCUT2D eigenvalue weighted by atomic mass is 31.2. The van der Waals surface area contributed by atoms with Crippen LogP contribution in [0.3, 0.4) is 0 Å². The van der Waals surface area contributed by atoms with Crippen molar-refractivity contribution in [2.45, 2.75) is 40.2 Å². The first-order valence-corrected chi connectivity index (χ1v) is 10.4. The number of benzene rings is 1. The van der Waals surface area contributed by atoms with Gasteiger partial charge in [0.05, 0.1) is 6.16 Å². The fourth-order valence-electron chi connectivity index (χ4n) is 3.20. The Labute approximate surface area is 153 Å². The molecule has 4 N–H and O–H groups in total. The van der Waals surface area contributed by atoms with Crippen LogP contribution in [0.5, 0.6) is 5.75 Å². The average molecular weight is 383 g/mol. The predicted molar refractivity (Wildman–Crippen MR) is 98.6 cm³/mol. The van der Waals surface area contributed by atoms with Crippen molar-refractivity contribution in [2.75, 3.05) is 19.3 Å². The molecular formula is C18H26NO6P. The summed E-state index contributed by atoms with van der Waals surface area (Å²) in [5.41, 5.74) is 4.79. The summed E-state index contributed by atoms with van der Waals surface area (Å²) >= 11 is 0. The molecule has 0 saturated heterocycles. The Balaban J connectivity index is 2.14. The van der Waals surface area contributed by atoms with Gasteiger partial charge >= 0.3 is 13.6 Å². The van der Waals surface area contributed by atoms with Gasteiger partial charge in [-0.2, -0.15) is 0 Å². The smallest absolute Gasteiger partial charge is 0.342 e. The minimum atomic E-state index is -3.98. The molecule has 1 aliphatic heterocycles. The van der Waals surface area contributed by atoms with Crippen LogP contribution in [0.1, 0.15) is 46.5 Å². The van der Waals surface area contributed by atoms with Gasteiger partial charge in [-0.1, -0.05) is 18.6 Å². The SMILES string of the molecule is CCc1c(C)c2c(c(O)c1C/C=C(\C)CNCCP(=O)(O)O)C(=O)OC2. The first-order chi connectivity index (χ1) is 12.2. The van der Waals surface area contributed by atoms with Crippen LogP contribution in [0.15, 0.2) is 11.6 Å². The van der Waals surface area contributed by atoms with Crippen molar-refractivity contribution in [3.05, 3.63) is 39.5 Å². The van der Waals surface area contributed by atoms with E-state index in [-0.39, 0.29) is 30.6 Å². The summed E-state index contributed by atoms with van der Waals surface area (Å²) in [5, 5.41) is 13.6. The minimum absolute atomic E-state index is 0.00320. The molecular weight excluding hydrogens is 357 g/mol. The third-order valence-corrected chi connectivity index (χ3v) is 5.44. The number of rotatable bonds is 8. The van der Waals surface area contributed by atoms with E-state index in [1.165, 1.54) is 0 Å². The number of hydrogen-bond acceptors (Lipinski definition) is 5. The molecule has 1 heterocycles. The highest BCUT2D eigenvalue weighted by Gasteiger charge is 2.30. The number of aromatic hydroxyl groups is 1. The molecule has 0 radical (unpaired) electrons. The fourth-order valence-corrected chi connectivity index (χ4v) is 3.65. The number of carbonyl (C=O) groups is 1. The topological polar surface area (TPSA) is 116 Å². The van der Waals surface area contributed by atoms with Gasteiger partial charge in [0, 0.05) is 24.2 Å². The second-order valence-electron chi connectivity index (χ2n) is 6.53. The van der Waals surface area contributed by atoms with Crippen molar-refractivity contribution in [3.63, 3.8) is 0 Å². The summed E-state index contributed by atoms with van der Waals surface area (Å²) in [4.78, 5) is 29.6. The molecule has 0 bridgehead atoms. The van der Waals surface area contributed by atoms with Crippen LogP contribution in [0.4, 0.5) is 0 Å². The van der Waals surface area contributed by atoms with E-state index in [1.54, 1.807) is 0 Å². The van der Waals surface area contributed by atoms with E-state index in [2.05, 4.69) is 5.32 Å². The second kappa shape index (κ2) is 8.35. The number of fused-ring (bicyclic) bond motifs is 1. The lowest BCUT2D eigenvalue weighted by atomic mass is 9.89. The lowest BCUT2D eigenvalue weighted by molar-refractivity contribution is 0.0533. The highest BCUT2D eigenvalue weighted by Crippen LogP contribution is 2.38. The number of phenolic OH excluding ortho intramolecular Hbond substituents is 1. The van der Waals surface area contributed by atoms with Gasteiger partial charge in [0.1, 0.15) is 17.9 Å². The summed E-state index contributed by atoms with van der Waals surface area (Å²) in [6.45, 7) is 6.79. The summed E-state index contributed by atoms with van der Waals surface area (Å²) in [6, 6.07) is 0. The summed E-state index contributed by atoms with van der Waals surface area (Å²) in [7, 11) is -3.98. The van der Waals surface area contributed by atoms with Gasteiger partial charge in [-0.25, -0.2) is 4.79 Å². The summed E-state index contributed by atoms with van der Waals surface area (Å²) in [6.07, 6.45) is 2.96. The Bertz CT molecular complexity index is 781.